The molecule has 2 N–H and O–H groups in total. The van der Waals surface area contributed by atoms with Crippen LogP contribution in [0.5, 0.6) is 0 Å². The Hall–Kier alpha value is -1.75. The number of amides is 1. The van der Waals surface area contributed by atoms with Gasteiger partial charge in [0.05, 0.1) is 0 Å². The van der Waals surface area contributed by atoms with Crippen molar-refractivity contribution in [3.63, 3.8) is 0 Å². The van der Waals surface area contributed by atoms with Crippen molar-refractivity contribution in [1.29, 1.82) is 0 Å². The van der Waals surface area contributed by atoms with E-state index in [-0.39, 0.29) is 16.8 Å². The number of hydrogen-bond acceptors (Lipinski definition) is 2. The predicted molar refractivity (Wildman–Crippen MR) is 58.3 cm³/mol. The Kier molecular flexibility index (Phi) is 2.47. The summed E-state index contributed by atoms with van der Waals surface area (Å²) >= 11 is 4.77. The van der Waals surface area contributed by atoms with Gasteiger partial charge in [-0.05, 0) is 36.0 Å². The number of carbonyl (C=O) groups excluding carboxylic acids is 1. The van der Waals surface area contributed by atoms with Crippen molar-refractivity contribution < 1.29 is 9.18 Å². The molecule has 5 heteroatoms. The molecule has 76 valence electrons. The minimum atomic E-state index is -0.309. The minimum absolute atomic E-state index is 0.274. The molecule has 0 aromatic heterocycles. The minimum Gasteiger partial charge on any atom is -0.328 e. The predicted octanol–water partition coefficient (Wildman–Crippen LogP) is 1.17. The summed E-state index contributed by atoms with van der Waals surface area (Å²) < 4.78 is 12.6. The molecular formula is C10H7FN2OS. The van der Waals surface area contributed by atoms with Crippen LogP contribution in [0.4, 0.5) is 4.39 Å². The number of nitrogens with one attached hydrogen (secondary N) is 2. The highest BCUT2D eigenvalue weighted by Crippen LogP contribution is 2.09. The van der Waals surface area contributed by atoms with E-state index in [1.54, 1.807) is 18.2 Å². The van der Waals surface area contributed by atoms with Crippen molar-refractivity contribution in [2.45, 2.75) is 0 Å². The molecule has 1 saturated heterocycles. The van der Waals surface area contributed by atoms with E-state index in [0.717, 1.165) is 5.56 Å². The molecule has 0 bridgehead atoms. The van der Waals surface area contributed by atoms with Crippen molar-refractivity contribution in [1.82, 2.24) is 10.6 Å². The standard InChI is InChI=1S/C10H7FN2OS/c11-7-3-1-6(2-4-7)5-8-9(14)13-10(15)12-8/h1-5H,(H2,12,13,14,15). The Morgan fingerprint density at radius 3 is 2.40 bits per heavy atom. The summed E-state index contributed by atoms with van der Waals surface area (Å²) in [6, 6.07) is 5.83. The molecule has 1 amide bonds. The van der Waals surface area contributed by atoms with Gasteiger partial charge in [-0.15, -0.1) is 0 Å². The van der Waals surface area contributed by atoms with E-state index in [1.165, 1.54) is 12.1 Å². The third-order valence-electron chi connectivity index (χ3n) is 1.90. The molecule has 0 atom stereocenters. The fourth-order valence-corrected chi connectivity index (χ4v) is 1.41. The summed E-state index contributed by atoms with van der Waals surface area (Å²) in [6.07, 6.45) is 1.61. The average molecular weight is 222 g/mol. The number of halogens is 1. The third kappa shape index (κ3) is 2.19. The van der Waals surface area contributed by atoms with Crippen LogP contribution in [-0.2, 0) is 4.79 Å². The lowest BCUT2D eigenvalue weighted by atomic mass is 10.2. The van der Waals surface area contributed by atoms with E-state index in [0.29, 0.717) is 5.70 Å². The molecule has 15 heavy (non-hydrogen) atoms. The molecule has 1 aliphatic rings. The summed E-state index contributed by atoms with van der Waals surface area (Å²) in [7, 11) is 0. The lowest BCUT2D eigenvalue weighted by Gasteiger charge is -1.95. The molecule has 1 aromatic carbocycles. The zero-order valence-corrected chi connectivity index (χ0v) is 8.40. The van der Waals surface area contributed by atoms with Crippen LogP contribution in [0.1, 0.15) is 5.56 Å². The summed E-state index contributed by atoms with van der Waals surface area (Å²) in [5, 5.41) is 5.43. The highest BCUT2D eigenvalue weighted by molar-refractivity contribution is 7.80. The fraction of sp³-hybridized carbons (Fsp3) is 0. The molecule has 1 aromatic rings. The maximum atomic E-state index is 12.6. The average Bonchev–Trinajstić information content (AvgIpc) is 2.49. The Bertz CT molecular complexity index is 453. The second-order valence-corrected chi connectivity index (χ2v) is 3.43. The van der Waals surface area contributed by atoms with Gasteiger partial charge >= 0.3 is 0 Å². The van der Waals surface area contributed by atoms with Gasteiger partial charge < -0.3 is 5.32 Å². The van der Waals surface area contributed by atoms with Crippen LogP contribution in [0.15, 0.2) is 30.0 Å². The van der Waals surface area contributed by atoms with Crippen molar-refractivity contribution in [2.75, 3.05) is 0 Å². The second kappa shape index (κ2) is 3.78. The lowest BCUT2D eigenvalue weighted by Crippen LogP contribution is -2.21. The van der Waals surface area contributed by atoms with E-state index in [9.17, 15) is 9.18 Å². The van der Waals surface area contributed by atoms with Crippen molar-refractivity contribution in [2.24, 2.45) is 0 Å². The van der Waals surface area contributed by atoms with Gasteiger partial charge in [0.2, 0.25) is 0 Å². The van der Waals surface area contributed by atoms with Crippen LogP contribution in [0.25, 0.3) is 6.08 Å². The highest BCUT2D eigenvalue weighted by Gasteiger charge is 2.19. The molecule has 1 aliphatic heterocycles. The number of thiocarbonyl (C=S) groups is 1. The Morgan fingerprint density at radius 1 is 1.20 bits per heavy atom. The van der Waals surface area contributed by atoms with Gasteiger partial charge in [-0.1, -0.05) is 12.1 Å². The van der Waals surface area contributed by atoms with Gasteiger partial charge in [0.1, 0.15) is 11.5 Å². The molecule has 3 nitrogen and oxygen atoms in total. The zero-order valence-electron chi connectivity index (χ0n) is 7.58. The van der Waals surface area contributed by atoms with Crippen LogP contribution >= 0.6 is 12.2 Å². The first kappa shape index (κ1) is 9.79. The van der Waals surface area contributed by atoms with E-state index in [1.807, 2.05) is 0 Å². The molecule has 2 rings (SSSR count). The summed E-state index contributed by atoms with van der Waals surface area (Å²) in [5.74, 6) is -0.583. The monoisotopic (exact) mass is 222 g/mol. The van der Waals surface area contributed by atoms with Crippen molar-refractivity contribution >= 4 is 29.3 Å². The van der Waals surface area contributed by atoms with Crippen LogP contribution in [0, 0.1) is 5.82 Å². The topological polar surface area (TPSA) is 41.1 Å². The van der Waals surface area contributed by atoms with E-state index < -0.39 is 0 Å². The first-order chi connectivity index (χ1) is 7.15. The fourth-order valence-electron chi connectivity index (χ4n) is 1.21. The van der Waals surface area contributed by atoms with Gasteiger partial charge in [-0.25, -0.2) is 4.39 Å². The number of carbonyl (C=O) groups is 1. The maximum Gasteiger partial charge on any atom is 0.273 e. The summed E-state index contributed by atoms with van der Waals surface area (Å²) in [5.41, 5.74) is 1.10. The molecule has 1 fully saturated rings. The molecule has 0 aliphatic carbocycles. The first-order valence-corrected chi connectivity index (χ1v) is 4.65. The maximum absolute atomic E-state index is 12.6. The summed E-state index contributed by atoms with van der Waals surface area (Å²) in [4.78, 5) is 11.3. The van der Waals surface area contributed by atoms with E-state index in [2.05, 4.69) is 10.6 Å². The van der Waals surface area contributed by atoms with Crippen LogP contribution < -0.4 is 10.6 Å². The van der Waals surface area contributed by atoms with Gasteiger partial charge in [0, 0.05) is 0 Å². The quantitative estimate of drug-likeness (QED) is 0.553. The smallest absolute Gasteiger partial charge is 0.273 e. The third-order valence-corrected chi connectivity index (χ3v) is 2.11. The van der Waals surface area contributed by atoms with Crippen molar-refractivity contribution in [3.05, 3.63) is 41.3 Å². The molecule has 1 heterocycles. The number of benzene rings is 1. The highest BCUT2D eigenvalue weighted by atomic mass is 32.1. The van der Waals surface area contributed by atoms with Gasteiger partial charge in [-0.3, -0.25) is 10.1 Å². The van der Waals surface area contributed by atoms with Gasteiger partial charge in [-0.2, -0.15) is 0 Å². The number of rotatable bonds is 1. The largest absolute Gasteiger partial charge is 0.328 e. The Balaban J connectivity index is 2.27. The van der Waals surface area contributed by atoms with Crippen LogP contribution in [-0.4, -0.2) is 11.0 Å². The molecule has 0 saturated carbocycles. The Labute approximate surface area is 91.0 Å². The normalized spacial score (nSPS) is 17.8. The van der Waals surface area contributed by atoms with Crippen molar-refractivity contribution in [3.8, 4) is 0 Å². The van der Waals surface area contributed by atoms with E-state index in [4.69, 9.17) is 12.2 Å². The first-order valence-electron chi connectivity index (χ1n) is 4.25. The Morgan fingerprint density at radius 2 is 1.87 bits per heavy atom. The SMILES string of the molecule is O=C1NC(=S)NC1=Cc1ccc(F)cc1. The van der Waals surface area contributed by atoms with Crippen LogP contribution in [0.3, 0.4) is 0 Å². The molecule has 0 spiro atoms. The van der Waals surface area contributed by atoms with E-state index >= 15 is 0 Å². The second-order valence-electron chi connectivity index (χ2n) is 3.02. The lowest BCUT2D eigenvalue weighted by molar-refractivity contribution is -0.115. The molecule has 0 unspecified atom stereocenters. The van der Waals surface area contributed by atoms with Gasteiger partial charge in [0.15, 0.2) is 5.11 Å². The summed E-state index contributed by atoms with van der Waals surface area (Å²) in [6.45, 7) is 0. The van der Waals surface area contributed by atoms with Crippen LogP contribution in [0.2, 0.25) is 0 Å². The number of hydrogen-bond donors (Lipinski definition) is 2. The zero-order chi connectivity index (χ0) is 10.8. The molecular weight excluding hydrogens is 215 g/mol. The van der Waals surface area contributed by atoms with Gasteiger partial charge in [0.25, 0.3) is 5.91 Å². The molecule has 0 radical (unpaired) electrons.